The molecule has 0 unspecified atom stereocenters. The number of benzene rings is 1. The second kappa shape index (κ2) is 4.95. The van der Waals surface area contributed by atoms with Crippen molar-refractivity contribution in [1.82, 2.24) is 15.0 Å². The quantitative estimate of drug-likeness (QED) is 0.733. The lowest BCUT2D eigenvalue weighted by Gasteiger charge is -2.01. The highest BCUT2D eigenvalue weighted by Crippen LogP contribution is 2.36. The van der Waals surface area contributed by atoms with Crippen LogP contribution in [0.25, 0.3) is 21.8 Å². The summed E-state index contributed by atoms with van der Waals surface area (Å²) in [6.07, 6.45) is 1.62. The first-order valence-corrected chi connectivity index (χ1v) is 6.74. The molecule has 0 spiro atoms. The molecule has 3 aromatic rings. The smallest absolute Gasteiger partial charge is 0.222 e. The second-order valence-corrected chi connectivity index (χ2v) is 5.18. The molecule has 2 N–H and O–H groups in total. The Morgan fingerprint density at radius 3 is 2.58 bits per heavy atom. The molecule has 0 radical (unpaired) electrons. The zero-order valence-corrected chi connectivity index (χ0v) is 11.3. The Kier molecular flexibility index (Phi) is 3.15. The van der Waals surface area contributed by atoms with Gasteiger partial charge in [0, 0.05) is 11.8 Å². The number of rotatable bonds is 2. The topological polar surface area (TPSA) is 64.7 Å². The van der Waals surface area contributed by atoms with Crippen LogP contribution in [0.4, 0.5) is 5.13 Å². The SMILES string of the molecule is Nc1nc(-c2ccccc2)c(-c2ccnc(Cl)n2)s1. The van der Waals surface area contributed by atoms with E-state index in [1.54, 1.807) is 12.3 Å². The van der Waals surface area contributed by atoms with Gasteiger partial charge in [-0.15, -0.1) is 0 Å². The largest absolute Gasteiger partial charge is 0.375 e. The van der Waals surface area contributed by atoms with E-state index >= 15 is 0 Å². The van der Waals surface area contributed by atoms with Crippen molar-refractivity contribution < 1.29 is 0 Å². The monoisotopic (exact) mass is 288 g/mol. The van der Waals surface area contributed by atoms with Crippen LogP contribution >= 0.6 is 22.9 Å². The van der Waals surface area contributed by atoms with Gasteiger partial charge in [0.25, 0.3) is 0 Å². The van der Waals surface area contributed by atoms with Gasteiger partial charge in [-0.3, -0.25) is 0 Å². The summed E-state index contributed by atoms with van der Waals surface area (Å²) in [5.74, 6) is 0. The summed E-state index contributed by atoms with van der Waals surface area (Å²) in [6, 6.07) is 11.6. The first-order valence-electron chi connectivity index (χ1n) is 5.54. The van der Waals surface area contributed by atoms with Gasteiger partial charge in [0.05, 0.1) is 16.3 Å². The molecule has 3 rings (SSSR count). The average Bonchev–Trinajstić information content (AvgIpc) is 2.82. The van der Waals surface area contributed by atoms with E-state index < -0.39 is 0 Å². The maximum atomic E-state index is 5.83. The van der Waals surface area contributed by atoms with Crippen LogP contribution in [0.5, 0.6) is 0 Å². The Morgan fingerprint density at radius 2 is 1.84 bits per heavy atom. The third kappa shape index (κ3) is 2.43. The first-order chi connectivity index (χ1) is 9.24. The standard InChI is InChI=1S/C13H9ClN4S/c14-12-16-7-6-9(17-12)11-10(18-13(15)19-11)8-4-2-1-3-5-8/h1-7H,(H2,15,18). The fraction of sp³-hybridized carbons (Fsp3) is 0. The van der Waals surface area contributed by atoms with Crippen molar-refractivity contribution in [2.45, 2.75) is 0 Å². The number of anilines is 1. The number of nitrogens with zero attached hydrogens (tertiary/aromatic N) is 3. The first kappa shape index (κ1) is 12.1. The molecular formula is C13H9ClN4S. The van der Waals surface area contributed by atoms with E-state index in [1.807, 2.05) is 30.3 Å². The molecule has 0 saturated carbocycles. The number of hydrogen-bond acceptors (Lipinski definition) is 5. The summed E-state index contributed by atoms with van der Waals surface area (Å²) in [6.45, 7) is 0. The second-order valence-electron chi connectivity index (χ2n) is 3.81. The molecule has 0 aliphatic carbocycles. The van der Waals surface area contributed by atoms with Crippen LogP contribution in [0.1, 0.15) is 0 Å². The molecule has 0 fully saturated rings. The Balaban J connectivity index is 2.18. The van der Waals surface area contributed by atoms with Gasteiger partial charge in [-0.1, -0.05) is 41.7 Å². The van der Waals surface area contributed by atoms with Crippen LogP contribution in [0.2, 0.25) is 5.28 Å². The van der Waals surface area contributed by atoms with Gasteiger partial charge in [-0.05, 0) is 17.7 Å². The van der Waals surface area contributed by atoms with Crippen molar-refractivity contribution in [1.29, 1.82) is 0 Å². The molecule has 2 heterocycles. The fourth-order valence-electron chi connectivity index (χ4n) is 1.76. The Hall–Kier alpha value is -1.98. The van der Waals surface area contributed by atoms with Gasteiger partial charge in [-0.25, -0.2) is 15.0 Å². The van der Waals surface area contributed by atoms with Crippen LogP contribution in [0.3, 0.4) is 0 Å². The molecule has 0 bridgehead atoms. The van der Waals surface area contributed by atoms with Gasteiger partial charge in [0.2, 0.25) is 5.28 Å². The molecule has 2 aromatic heterocycles. The zero-order valence-electron chi connectivity index (χ0n) is 9.75. The number of thiazole rings is 1. The molecule has 0 aliphatic heterocycles. The van der Waals surface area contributed by atoms with E-state index in [4.69, 9.17) is 17.3 Å². The molecule has 6 heteroatoms. The molecule has 0 amide bonds. The lowest BCUT2D eigenvalue weighted by molar-refractivity contribution is 1.18. The maximum Gasteiger partial charge on any atom is 0.222 e. The van der Waals surface area contributed by atoms with E-state index in [2.05, 4.69) is 15.0 Å². The third-order valence-electron chi connectivity index (χ3n) is 2.55. The number of aromatic nitrogens is 3. The van der Waals surface area contributed by atoms with Crippen molar-refractivity contribution >= 4 is 28.1 Å². The van der Waals surface area contributed by atoms with Crippen molar-refractivity contribution in [3.05, 3.63) is 47.9 Å². The van der Waals surface area contributed by atoms with E-state index in [0.717, 1.165) is 21.8 Å². The average molecular weight is 289 g/mol. The summed E-state index contributed by atoms with van der Waals surface area (Å²) in [7, 11) is 0. The summed E-state index contributed by atoms with van der Waals surface area (Å²) >= 11 is 7.22. The lowest BCUT2D eigenvalue weighted by atomic mass is 10.1. The summed E-state index contributed by atoms with van der Waals surface area (Å²) in [5.41, 5.74) is 8.37. The Morgan fingerprint density at radius 1 is 1.05 bits per heavy atom. The predicted molar refractivity (Wildman–Crippen MR) is 78.0 cm³/mol. The fourth-order valence-corrected chi connectivity index (χ4v) is 2.74. The maximum absolute atomic E-state index is 5.83. The van der Waals surface area contributed by atoms with Crippen LogP contribution < -0.4 is 5.73 Å². The van der Waals surface area contributed by atoms with Crippen molar-refractivity contribution in [2.24, 2.45) is 0 Å². The van der Waals surface area contributed by atoms with E-state index in [-0.39, 0.29) is 5.28 Å². The van der Waals surface area contributed by atoms with Crippen molar-refractivity contribution in [2.75, 3.05) is 5.73 Å². The molecule has 1 aromatic carbocycles. The van der Waals surface area contributed by atoms with Crippen LogP contribution in [-0.2, 0) is 0 Å². The van der Waals surface area contributed by atoms with Gasteiger partial charge in [0.1, 0.15) is 0 Å². The molecule has 0 aliphatic rings. The van der Waals surface area contributed by atoms with E-state index in [0.29, 0.717) is 5.13 Å². The van der Waals surface area contributed by atoms with Crippen molar-refractivity contribution in [3.8, 4) is 21.8 Å². The number of halogens is 1. The number of nitrogens with two attached hydrogens (primary N) is 1. The summed E-state index contributed by atoms with van der Waals surface area (Å²) in [4.78, 5) is 13.4. The van der Waals surface area contributed by atoms with E-state index in [9.17, 15) is 0 Å². The lowest BCUT2D eigenvalue weighted by Crippen LogP contribution is -1.87. The summed E-state index contributed by atoms with van der Waals surface area (Å²) in [5, 5.41) is 0.715. The van der Waals surface area contributed by atoms with Crippen LogP contribution in [0, 0.1) is 0 Å². The third-order valence-corrected chi connectivity index (χ3v) is 3.64. The van der Waals surface area contributed by atoms with Gasteiger partial charge < -0.3 is 5.73 Å². The highest BCUT2D eigenvalue weighted by molar-refractivity contribution is 7.19. The Labute approximate surface area is 118 Å². The zero-order chi connectivity index (χ0) is 13.2. The van der Waals surface area contributed by atoms with Gasteiger partial charge >= 0.3 is 0 Å². The summed E-state index contributed by atoms with van der Waals surface area (Å²) < 4.78 is 0. The minimum atomic E-state index is 0.212. The molecular weight excluding hydrogens is 280 g/mol. The highest BCUT2D eigenvalue weighted by atomic mass is 35.5. The minimum Gasteiger partial charge on any atom is -0.375 e. The normalized spacial score (nSPS) is 10.6. The number of hydrogen-bond donors (Lipinski definition) is 1. The van der Waals surface area contributed by atoms with Crippen LogP contribution in [-0.4, -0.2) is 15.0 Å². The van der Waals surface area contributed by atoms with Gasteiger partial charge in [0.15, 0.2) is 5.13 Å². The molecule has 0 atom stereocenters. The van der Waals surface area contributed by atoms with Crippen molar-refractivity contribution in [3.63, 3.8) is 0 Å². The minimum absolute atomic E-state index is 0.212. The van der Waals surface area contributed by atoms with Crippen LogP contribution in [0.15, 0.2) is 42.6 Å². The molecule has 94 valence electrons. The highest BCUT2D eigenvalue weighted by Gasteiger charge is 2.14. The number of nitrogen functional groups attached to an aromatic ring is 1. The Bertz CT molecular complexity index is 712. The molecule has 4 nitrogen and oxygen atoms in total. The predicted octanol–water partition coefficient (Wildman–Crippen LogP) is 3.50. The van der Waals surface area contributed by atoms with Gasteiger partial charge in [-0.2, -0.15) is 0 Å². The molecule has 0 saturated heterocycles. The molecule has 19 heavy (non-hydrogen) atoms. The van der Waals surface area contributed by atoms with E-state index in [1.165, 1.54) is 11.3 Å².